The number of benzene rings is 1. The number of halogens is 3. The summed E-state index contributed by atoms with van der Waals surface area (Å²) in [7, 11) is 0. The topological polar surface area (TPSA) is 20.3 Å². The van der Waals surface area contributed by atoms with Crippen molar-refractivity contribution in [3.63, 3.8) is 0 Å². The molecule has 110 valence electrons. The molecule has 0 spiro atoms. The van der Waals surface area contributed by atoms with E-state index in [0.717, 1.165) is 38.3 Å². The van der Waals surface area contributed by atoms with Crippen molar-refractivity contribution in [2.24, 2.45) is 0 Å². The van der Waals surface area contributed by atoms with Crippen molar-refractivity contribution in [3.05, 3.63) is 29.3 Å². The van der Waals surface area contributed by atoms with E-state index in [9.17, 15) is 18.0 Å². The maximum absolute atomic E-state index is 13.0. The number of nitrogens with zero attached hydrogens (tertiary/aromatic N) is 1. The van der Waals surface area contributed by atoms with Crippen molar-refractivity contribution in [2.45, 2.75) is 44.8 Å². The number of anilines is 1. The fourth-order valence-corrected chi connectivity index (χ4v) is 2.73. The number of rotatable bonds is 2. The fraction of sp³-hybridized carbons (Fsp3) is 0.533. The average Bonchev–Trinajstić information content (AvgIpc) is 2.62. The molecule has 1 unspecified atom stereocenters. The highest BCUT2D eigenvalue weighted by molar-refractivity contribution is 5.79. The van der Waals surface area contributed by atoms with Crippen molar-refractivity contribution in [3.8, 4) is 0 Å². The molecule has 0 aliphatic carbocycles. The number of hydrogen-bond acceptors (Lipinski definition) is 2. The Morgan fingerprint density at radius 1 is 1.25 bits per heavy atom. The molecule has 0 radical (unpaired) electrons. The highest BCUT2D eigenvalue weighted by Crippen LogP contribution is 2.35. The van der Waals surface area contributed by atoms with Crippen LogP contribution in [-0.2, 0) is 6.18 Å². The van der Waals surface area contributed by atoms with E-state index in [1.54, 1.807) is 6.07 Å². The van der Waals surface area contributed by atoms with Crippen molar-refractivity contribution in [2.75, 3.05) is 11.4 Å². The fourth-order valence-electron chi connectivity index (χ4n) is 2.73. The molecule has 0 aromatic heterocycles. The van der Waals surface area contributed by atoms with Gasteiger partial charge in [0.25, 0.3) is 0 Å². The van der Waals surface area contributed by atoms with Crippen LogP contribution in [0, 0.1) is 0 Å². The summed E-state index contributed by atoms with van der Waals surface area (Å²) in [6.45, 7) is 2.80. The molecule has 1 atom stereocenters. The van der Waals surface area contributed by atoms with Crippen LogP contribution in [0.15, 0.2) is 18.2 Å². The molecule has 1 heterocycles. The molecule has 0 N–H and O–H groups in total. The second kappa shape index (κ2) is 5.85. The van der Waals surface area contributed by atoms with Gasteiger partial charge in [-0.05, 0) is 38.0 Å². The normalized spacial score (nSPS) is 20.6. The van der Waals surface area contributed by atoms with Crippen molar-refractivity contribution < 1.29 is 18.0 Å². The second-order valence-corrected chi connectivity index (χ2v) is 5.28. The smallest absolute Gasteiger partial charge is 0.369 e. The monoisotopic (exact) mass is 285 g/mol. The summed E-state index contributed by atoms with van der Waals surface area (Å²) in [5.74, 6) is 0. The number of alkyl halides is 3. The second-order valence-electron chi connectivity index (χ2n) is 5.28. The maximum atomic E-state index is 13.0. The van der Waals surface area contributed by atoms with Crippen LogP contribution in [0.5, 0.6) is 0 Å². The Morgan fingerprint density at radius 2 is 2.00 bits per heavy atom. The van der Waals surface area contributed by atoms with E-state index in [1.807, 2.05) is 11.8 Å². The lowest BCUT2D eigenvalue weighted by atomic mass is 10.1. The van der Waals surface area contributed by atoms with Crippen LogP contribution < -0.4 is 4.90 Å². The lowest BCUT2D eigenvalue weighted by Gasteiger charge is -2.30. The standard InChI is InChI=1S/C15H18F3NO/c1-11-5-3-2-4-8-19(11)13-7-6-12(10-20)14(9-13)15(16,17)18/h6-7,9-11H,2-5,8H2,1H3. The van der Waals surface area contributed by atoms with Crippen molar-refractivity contribution >= 4 is 12.0 Å². The zero-order valence-corrected chi connectivity index (χ0v) is 11.4. The lowest BCUT2D eigenvalue weighted by Crippen LogP contribution is -2.32. The molecule has 5 heteroatoms. The third-order valence-electron chi connectivity index (χ3n) is 3.85. The molecule has 1 aromatic rings. The predicted molar refractivity (Wildman–Crippen MR) is 72.1 cm³/mol. The van der Waals surface area contributed by atoms with Gasteiger partial charge in [0.2, 0.25) is 0 Å². The van der Waals surface area contributed by atoms with Crippen molar-refractivity contribution in [1.29, 1.82) is 0 Å². The van der Waals surface area contributed by atoms with Crippen LogP contribution in [0.2, 0.25) is 0 Å². The third-order valence-corrected chi connectivity index (χ3v) is 3.85. The molecule has 1 fully saturated rings. The summed E-state index contributed by atoms with van der Waals surface area (Å²) in [5.41, 5.74) is -0.595. The van der Waals surface area contributed by atoms with E-state index in [-0.39, 0.29) is 17.9 Å². The molecule has 2 nitrogen and oxygen atoms in total. The van der Waals surface area contributed by atoms with E-state index in [1.165, 1.54) is 6.07 Å². The van der Waals surface area contributed by atoms with E-state index in [2.05, 4.69) is 0 Å². The molecule has 0 saturated carbocycles. The van der Waals surface area contributed by atoms with Gasteiger partial charge in [0.05, 0.1) is 5.56 Å². The Kier molecular flexibility index (Phi) is 4.35. The van der Waals surface area contributed by atoms with Crippen LogP contribution in [0.4, 0.5) is 18.9 Å². The highest BCUT2D eigenvalue weighted by Gasteiger charge is 2.34. The number of hydrogen-bond donors (Lipinski definition) is 0. The molecule has 1 aliphatic heterocycles. The largest absolute Gasteiger partial charge is 0.417 e. The molecule has 1 aliphatic rings. The molecule has 20 heavy (non-hydrogen) atoms. The van der Waals surface area contributed by atoms with Crippen LogP contribution >= 0.6 is 0 Å². The molecule has 2 rings (SSSR count). The van der Waals surface area contributed by atoms with E-state index < -0.39 is 11.7 Å². The Morgan fingerprint density at radius 3 is 2.65 bits per heavy atom. The maximum Gasteiger partial charge on any atom is 0.417 e. The van der Waals surface area contributed by atoms with E-state index in [4.69, 9.17) is 0 Å². The van der Waals surface area contributed by atoms with Gasteiger partial charge in [0, 0.05) is 23.8 Å². The first-order valence-electron chi connectivity index (χ1n) is 6.86. The van der Waals surface area contributed by atoms with Crippen LogP contribution in [0.1, 0.15) is 48.5 Å². The Balaban J connectivity index is 2.39. The first-order chi connectivity index (χ1) is 9.43. The molecular weight excluding hydrogens is 267 g/mol. The minimum atomic E-state index is -4.50. The van der Waals surface area contributed by atoms with Crippen molar-refractivity contribution in [1.82, 2.24) is 0 Å². The number of aldehydes is 1. The van der Waals surface area contributed by atoms with Gasteiger partial charge in [-0.25, -0.2) is 0 Å². The quantitative estimate of drug-likeness (QED) is 0.756. The van der Waals surface area contributed by atoms with E-state index >= 15 is 0 Å². The summed E-state index contributed by atoms with van der Waals surface area (Å²) in [5, 5.41) is 0. The zero-order chi connectivity index (χ0) is 14.8. The Labute approximate surface area is 116 Å². The summed E-state index contributed by atoms with van der Waals surface area (Å²) in [6.07, 6.45) is -0.0483. The lowest BCUT2D eigenvalue weighted by molar-refractivity contribution is -0.137. The van der Waals surface area contributed by atoms with E-state index in [0.29, 0.717) is 5.69 Å². The first-order valence-corrected chi connectivity index (χ1v) is 6.86. The van der Waals surface area contributed by atoms with Crippen LogP contribution in [0.25, 0.3) is 0 Å². The van der Waals surface area contributed by atoms with Gasteiger partial charge in [0.1, 0.15) is 0 Å². The SMILES string of the molecule is CC1CCCCCN1c1ccc(C=O)c(C(F)(F)F)c1. The molecule has 0 amide bonds. The average molecular weight is 285 g/mol. The molecule has 1 aromatic carbocycles. The first kappa shape index (κ1) is 14.9. The van der Waals surface area contributed by atoms with Crippen LogP contribution in [0.3, 0.4) is 0 Å². The zero-order valence-electron chi connectivity index (χ0n) is 11.4. The van der Waals surface area contributed by atoms with Gasteiger partial charge in [0.15, 0.2) is 6.29 Å². The predicted octanol–water partition coefficient (Wildman–Crippen LogP) is 4.29. The Hall–Kier alpha value is -1.52. The molecular formula is C15H18F3NO. The van der Waals surface area contributed by atoms with Gasteiger partial charge in [-0.15, -0.1) is 0 Å². The number of carbonyl (C=O) groups excluding carboxylic acids is 1. The summed E-state index contributed by atoms with van der Waals surface area (Å²) < 4.78 is 38.9. The van der Waals surface area contributed by atoms with Gasteiger partial charge in [-0.3, -0.25) is 4.79 Å². The minimum absolute atomic E-state index is 0.223. The molecule has 1 saturated heterocycles. The van der Waals surface area contributed by atoms with Crippen LogP contribution in [-0.4, -0.2) is 18.9 Å². The molecule has 0 bridgehead atoms. The third kappa shape index (κ3) is 3.14. The van der Waals surface area contributed by atoms with Gasteiger partial charge < -0.3 is 4.90 Å². The van der Waals surface area contributed by atoms with Gasteiger partial charge >= 0.3 is 6.18 Å². The number of carbonyl (C=O) groups is 1. The van der Waals surface area contributed by atoms with Gasteiger partial charge in [-0.2, -0.15) is 13.2 Å². The summed E-state index contributed by atoms with van der Waals surface area (Å²) >= 11 is 0. The summed E-state index contributed by atoms with van der Waals surface area (Å²) in [4.78, 5) is 12.8. The Bertz CT molecular complexity index is 484. The highest BCUT2D eigenvalue weighted by atomic mass is 19.4. The van der Waals surface area contributed by atoms with Gasteiger partial charge in [-0.1, -0.05) is 12.8 Å². The summed E-state index contributed by atoms with van der Waals surface area (Å²) in [6, 6.07) is 4.20. The minimum Gasteiger partial charge on any atom is -0.369 e.